The number of methoxy groups -OCH3 is 1. The molecule has 0 bridgehead atoms. The second-order valence-corrected chi connectivity index (χ2v) is 22.6. The number of nitrogens with one attached hydrogen (secondary N) is 2. The van der Waals surface area contributed by atoms with Gasteiger partial charge in [-0.3, -0.25) is 14.4 Å². The van der Waals surface area contributed by atoms with Crippen molar-refractivity contribution in [2.75, 3.05) is 110 Å². The van der Waals surface area contributed by atoms with E-state index < -0.39 is 29.9 Å². The third-order valence-electron chi connectivity index (χ3n) is 15.1. The summed E-state index contributed by atoms with van der Waals surface area (Å²) in [5.41, 5.74) is 5.12. The summed E-state index contributed by atoms with van der Waals surface area (Å²) in [4.78, 5) is 62.6. The van der Waals surface area contributed by atoms with Crippen LogP contribution in [-0.2, 0) is 23.9 Å². The molecule has 4 aromatic carbocycles. The molecule has 0 saturated carbocycles. The number of hydrogen-bond donors (Lipinski definition) is 4. The first-order valence-electron chi connectivity index (χ1n) is 28.0. The number of piperazine rings is 1. The quantitative estimate of drug-likeness (QED) is 0.0393. The van der Waals surface area contributed by atoms with E-state index in [1.807, 2.05) is 82.1 Å². The number of aryl methyl sites for hydroxylation is 1. The zero-order valence-electron chi connectivity index (χ0n) is 47.8. The number of phenolic OH excluding ortho intramolecular Hbond substituents is 1. The van der Waals surface area contributed by atoms with E-state index >= 15 is 4.39 Å². The van der Waals surface area contributed by atoms with Crippen LogP contribution in [0.2, 0.25) is 5.02 Å². The number of amides is 3. The molecule has 2 aliphatic rings. The number of carbonyl (C=O) groups excluding carboxylic acids is 3. The van der Waals surface area contributed by atoms with Gasteiger partial charge in [-0.05, 0) is 91.1 Å². The minimum atomic E-state index is -0.906. The van der Waals surface area contributed by atoms with E-state index in [2.05, 4.69) is 25.7 Å². The molecule has 442 valence electrons. The van der Waals surface area contributed by atoms with Gasteiger partial charge in [0.25, 0.3) is 5.88 Å². The monoisotopic (exact) mass is 1180 g/mol. The number of β-amino-alcohol motifs (C(OH)–C–C–N with tert-alkyl or cyclic N) is 1. The number of anilines is 2. The number of phenols is 1. The predicted molar refractivity (Wildman–Crippen MR) is 317 cm³/mol. The number of ether oxygens (including phenoxy) is 4. The maximum atomic E-state index is 17.0. The van der Waals surface area contributed by atoms with Crippen molar-refractivity contribution in [2.45, 2.75) is 71.6 Å². The van der Waals surface area contributed by atoms with E-state index in [1.165, 1.54) is 11.0 Å². The maximum Gasteiger partial charge on any atom is 0.254 e. The number of aliphatic hydroxyl groups excluding tert-OH is 1. The number of nitrogens with zero attached hydrogens (tertiary/aromatic N) is 8. The van der Waals surface area contributed by atoms with Gasteiger partial charge in [0.1, 0.15) is 41.4 Å². The Morgan fingerprint density at radius 1 is 0.952 bits per heavy atom. The lowest BCUT2D eigenvalue weighted by Crippen LogP contribution is -2.48. The van der Waals surface area contributed by atoms with Gasteiger partial charge in [-0.1, -0.05) is 61.8 Å². The topological polar surface area (TPSA) is 230 Å². The van der Waals surface area contributed by atoms with Crippen molar-refractivity contribution < 1.29 is 52.5 Å². The molecule has 7 aromatic rings. The number of fused-ring (bicyclic) bond motifs is 2. The van der Waals surface area contributed by atoms with Gasteiger partial charge in [0.15, 0.2) is 11.6 Å². The number of benzene rings is 4. The first-order valence-corrected chi connectivity index (χ1v) is 29.2. The number of likely N-dealkylation sites (N-methyl/N-ethyl adjacent to an activating group) is 1. The number of aliphatic hydroxyl groups is 1. The Hall–Kier alpha value is -7.21. The lowest BCUT2D eigenvalue weighted by Gasteiger charge is -2.35. The van der Waals surface area contributed by atoms with Crippen LogP contribution in [0.5, 0.6) is 17.4 Å². The minimum absolute atomic E-state index is 0.00343. The lowest BCUT2D eigenvalue weighted by molar-refractivity contribution is -0.141. The van der Waals surface area contributed by atoms with Gasteiger partial charge in [-0.25, -0.2) is 14.4 Å². The molecule has 3 amide bonds. The second-order valence-electron chi connectivity index (χ2n) is 21.3. The summed E-state index contributed by atoms with van der Waals surface area (Å²) in [5, 5.41) is 33.9. The van der Waals surface area contributed by atoms with Crippen LogP contribution in [0.1, 0.15) is 69.5 Å². The second kappa shape index (κ2) is 27.5. The smallest absolute Gasteiger partial charge is 0.254 e. The highest BCUT2D eigenvalue weighted by atomic mass is 35.5. The van der Waals surface area contributed by atoms with Crippen LogP contribution in [0.25, 0.3) is 43.2 Å². The van der Waals surface area contributed by atoms with Gasteiger partial charge in [-0.15, -0.1) is 11.3 Å². The summed E-state index contributed by atoms with van der Waals surface area (Å²) in [6.07, 6.45) is -0.0673. The van der Waals surface area contributed by atoms with Crippen molar-refractivity contribution in [2.24, 2.45) is 5.92 Å². The number of rotatable bonds is 25. The zero-order valence-corrected chi connectivity index (χ0v) is 49.4. The summed E-state index contributed by atoms with van der Waals surface area (Å²) < 4.78 is 45.8. The highest BCUT2D eigenvalue weighted by molar-refractivity contribution is 7.13. The summed E-state index contributed by atoms with van der Waals surface area (Å²) in [6.45, 7) is 14.6. The first kappa shape index (κ1) is 60.4. The molecule has 2 saturated heterocycles. The van der Waals surface area contributed by atoms with Crippen LogP contribution < -0.4 is 25.0 Å². The minimum Gasteiger partial charge on any atom is -0.508 e. The molecule has 4 N–H and O–H groups in total. The third kappa shape index (κ3) is 14.2. The predicted octanol–water partition coefficient (Wildman–Crippen LogP) is 8.47. The van der Waals surface area contributed by atoms with Crippen molar-refractivity contribution in [3.8, 4) is 38.9 Å². The number of aromatic nitrogens is 4. The van der Waals surface area contributed by atoms with Gasteiger partial charge in [0.05, 0.1) is 66.8 Å². The highest BCUT2D eigenvalue weighted by Gasteiger charge is 2.44. The molecule has 20 nitrogen and oxygen atoms in total. The average molecular weight is 1180 g/mol. The fourth-order valence-corrected chi connectivity index (χ4v) is 11.9. The van der Waals surface area contributed by atoms with Gasteiger partial charge >= 0.3 is 0 Å². The third-order valence-corrected chi connectivity index (χ3v) is 16.4. The molecular formula is C60H72ClFN10O10S. The van der Waals surface area contributed by atoms with Crippen molar-refractivity contribution in [3.63, 3.8) is 0 Å². The molecule has 23 heteroatoms. The first-order chi connectivity index (χ1) is 40.0. The van der Waals surface area contributed by atoms with E-state index in [0.29, 0.717) is 81.6 Å². The van der Waals surface area contributed by atoms with Crippen LogP contribution >= 0.6 is 22.9 Å². The van der Waals surface area contributed by atoms with E-state index in [0.717, 1.165) is 45.4 Å². The van der Waals surface area contributed by atoms with Crippen molar-refractivity contribution in [1.29, 1.82) is 0 Å². The van der Waals surface area contributed by atoms with Crippen LogP contribution in [0, 0.1) is 18.7 Å². The molecule has 3 aromatic heterocycles. The molecule has 0 radical (unpaired) electrons. The van der Waals surface area contributed by atoms with Crippen molar-refractivity contribution >= 4 is 74.1 Å². The van der Waals surface area contributed by atoms with E-state index in [4.69, 9.17) is 45.0 Å². The molecule has 83 heavy (non-hydrogen) atoms. The van der Waals surface area contributed by atoms with Crippen LogP contribution in [-0.4, -0.2) is 174 Å². The summed E-state index contributed by atoms with van der Waals surface area (Å²) >= 11 is 8.44. The summed E-state index contributed by atoms with van der Waals surface area (Å²) in [6, 6.07) is 18.3. The van der Waals surface area contributed by atoms with Gasteiger partial charge < -0.3 is 63.9 Å². The van der Waals surface area contributed by atoms with Gasteiger partial charge in [-0.2, -0.15) is 4.98 Å². The van der Waals surface area contributed by atoms with Crippen LogP contribution in [0.4, 0.5) is 16.2 Å². The Morgan fingerprint density at radius 3 is 2.45 bits per heavy atom. The fourth-order valence-electron chi connectivity index (χ4n) is 10.8. The van der Waals surface area contributed by atoms with Gasteiger partial charge in [0.2, 0.25) is 23.7 Å². The van der Waals surface area contributed by atoms with E-state index in [1.54, 1.807) is 54.0 Å². The number of likely N-dealkylation sites (tertiary alicyclic amines) is 1. The Bertz CT molecular complexity index is 3410. The molecule has 2 aliphatic heterocycles. The normalized spacial score (nSPS) is 16.3. The molecule has 0 spiro atoms. The number of hydrogen-bond acceptors (Lipinski definition) is 18. The molecular weight excluding hydrogens is 1110 g/mol. The molecule has 9 rings (SSSR count). The molecule has 0 unspecified atom stereocenters. The Kier molecular flexibility index (Phi) is 20.0. The van der Waals surface area contributed by atoms with Crippen LogP contribution in [0.15, 0.2) is 76.8 Å². The Balaban J connectivity index is 0.704. The van der Waals surface area contributed by atoms with E-state index in [9.17, 15) is 24.6 Å². The Morgan fingerprint density at radius 2 is 1.71 bits per heavy atom. The molecule has 5 heterocycles. The van der Waals surface area contributed by atoms with Gasteiger partial charge in [0, 0.05) is 81.7 Å². The zero-order chi connectivity index (χ0) is 58.9. The number of halogens is 2. The maximum absolute atomic E-state index is 17.0. The van der Waals surface area contributed by atoms with Crippen LogP contribution in [0.3, 0.4) is 0 Å². The molecule has 0 aliphatic carbocycles. The average Bonchev–Trinajstić information content (AvgIpc) is 4.11. The van der Waals surface area contributed by atoms with Crippen molar-refractivity contribution in [3.05, 3.63) is 100 Å². The lowest BCUT2D eigenvalue weighted by atomic mass is 9.91. The SMILES string of the molecule is COc1cc(-c2scnc2C)ccc1[C@H](C)NC(=O)[C@@H]1C[C@@H](O)CN1C(=O)[C@H](c1cc(OCCOCCOCCN(C)CCCNc2nc(N3CCN(C(C)=O)CC3)c3cc(Cl)c(-c4cc(O)cc5ccccc45)c(F)c3n2)no1)C(C)C. The molecule has 4 atom stereocenters. The number of aromatic hydroxyl groups is 1. The van der Waals surface area contributed by atoms with Crippen molar-refractivity contribution in [1.82, 2.24) is 40.1 Å². The summed E-state index contributed by atoms with van der Waals surface area (Å²) in [7, 11) is 3.59. The molecule has 2 fully saturated rings. The Labute approximate surface area is 490 Å². The standard InChI is InChI=1S/C60H72ClFN10O10S/c1-35(2)52(59(77)72-33-42(75)30-48(72)58(76)65-36(3)43-14-13-40(28-49(43)78-7)56-37(4)64-34-83-56)50-32-51(68-82-50)81-26-25-80-24-23-79-22-21-69(6)16-10-15-63-60-66-55-46(57(67-60)71-19-17-70(18-20-71)38(5)73)31-47(61)53(54(55)62)45-29-41(74)27-39-11-8-9-12-44(39)45/h8-9,11-14,27-29,31-32,34-36,42,48,52,74-75H,10,15-26,30,33H2,1-7H3,(H,65,76)(H,63,66,67)/t36-,42+,48-,52-/m0/s1. The number of carbonyl (C=O) groups is 3. The largest absolute Gasteiger partial charge is 0.508 e. The van der Waals surface area contributed by atoms with E-state index in [-0.39, 0.29) is 89.3 Å². The highest BCUT2D eigenvalue weighted by Crippen LogP contribution is 2.43. The summed E-state index contributed by atoms with van der Waals surface area (Å²) in [5.74, 6) is -0.561. The number of thiazole rings is 1. The fraction of sp³-hybridized carbons (Fsp3) is 0.450.